The predicted molar refractivity (Wildman–Crippen MR) is 212 cm³/mol. The first-order valence-corrected chi connectivity index (χ1v) is 21.2. The summed E-state index contributed by atoms with van der Waals surface area (Å²) in [6, 6.07) is 0. The molecule has 0 fully saturated rings. The number of hydrogen-bond donors (Lipinski definition) is 2. The zero-order valence-electron chi connectivity index (χ0n) is 34.8. The van der Waals surface area contributed by atoms with Gasteiger partial charge in [0, 0.05) is 13.1 Å². The van der Waals surface area contributed by atoms with E-state index in [2.05, 4.69) is 11.8 Å². The molecule has 0 unspecified atom stereocenters. The van der Waals surface area contributed by atoms with E-state index in [1.54, 1.807) is 0 Å². The van der Waals surface area contributed by atoms with E-state index >= 15 is 0 Å². The number of rotatable bonds is 51. The zero-order valence-corrected chi connectivity index (χ0v) is 34.8. The summed E-state index contributed by atoms with van der Waals surface area (Å²) in [4.78, 5) is 2.44. The summed E-state index contributed by atoms with van der Waals surface area (Å²) in [5.74, 6) is 0. The minimum absolute atomic E-state index is 0.0263. The molecular formula is C40H83NO14. The van der Waals surface area contributed by atoms with Crippen molar-refractivity contribution >= 4 is 0 Å². The Morgan fingerprint density at radius 1 is 0.255 bits per heavy atom. The fourth-order valence-electron chi connectivity index (χ4n) is 5.08. The maximum atomic E-state index is 8.64. The van der Waals surface area contributed by atoms with Gasteiger partial charge in [-0.25, -0.2) is 0 Å². The van der Waals surface area contributed by atoms with E-state index in [-0.39, 0.29) is 13.2 Å². The van der Waals surface area contributed by atoms with Gasteiger partial charge in [0.25, 0.3) is 0 Å². The number of aliphatic hydroxyl groups is 2. The van der Waals surface area contributed by atoms with Crippen LogP contribution in [0.3, 0.4) is 0 Å². The summed E-state index contributed by atoms with van der Waals surface area (Å²) in [6.07, 6.45) is 13.3. The average molecular weight is 802 g/mol. The Bertz CT molecular complexity index is 631. The predicted octanol–water partition coefficient (Wildman–Crippen LogP) is 3.39. The van der Waals surface area contributed by atoms with Gasteiger partial charge in [0.05, 0.1) is 172 Å². The number of ether oxygens (including phenoxy) is 12. The lowest BCUT2D eigenvalue weighted by atomic mass is 10.1. The van der Waals surface area contributed by atoms with Gasteiger partial charge in [-0.15, -0.1) is 0 Å². The van der Waals surface area contributed by atoms with Crippen molar-refractivity contribution in [3.63, 3.8) is 0 Å². The van der Waals surface area contributed by atoms with Crippen LogP contribution in [0.1, 0.15) is 71.1 Å². The SMILES string of the molecule is CCCCCCCCCCCCN(CCOCCOCCOCCOCCOCCOCCO)CCOCCOCCOCCOCCOCCOCCO. The third kappa shape index (κ3) is 49.5. The van der Waals surface area contributed by atoms with Crippen molar-refractivity contribution in [1.29, 1.82) is 0 Å². The molecule has 15 nitrogen and oxygen atoms in total. The Morgan fingerprint density at radius 2 is 0.473 bits per heavy atom. The van der Waals surface area contributed by atoms with Gasteiger partial charge in [-0.2, -0.15) is 0 Å². The zero-order chi connectivity index (χ0) is 39.6. The molecule has 0 aliphatic rings. The van der Waals surface area contributed by atoms with Gasteiger partial charge in [-0.05, 0) is 13.0 Å². The van der Waals surface area contributed by atoms with Crippen molar-refractivity contribution in [3.05, 3.63) is 0 Å². The van der Waals surface area contributed by atoms with Crippen LogP contribution in [0.2, 0.25) is 0 Å². The van der Waals surface area contributed by atoms with Gasteiger partial charge >= 0.3 is 0 Å². The first kappa shape index (κ1) is 54.4. The summed E-state index contributed by atoms with van der Waals surface area (Å²) in [5.41, 5.74) is 0. The Hall–Kier alpha value is -0.600. The standard InChI is InChI=1S/C40H83NO14/c1-2-3-4-5-6-7-8-9-10-11-12-41(13-17-44-21-25-48-29-33-52-37-39-54-35-31-50-27-23-46-19-15-42)14-18-45-22-26-49-30-34-53-38-40-55-36-32-51-28-24-47-20-16-43/h42-43H,2-40H2,1H3. The number of hydrogen-bond acceptors (Lipinski definition) is 15. The lowest BCUT2D eigenvalue weighted by molar-refractivity contribution is -0.0207. The topological polar surface area (TPSA) is 154 Å². The largest absolute Gasteiger partial charge is 0.394 e. The van der Waals surface area contributed by atoms with E-state index in [1.807, 2.05) is 0 Å². The second-order valence-corrected chi connectivity index (χ2v) is 12.8. The average Bonchev–Trinajstić information content (AvgIpc) is 3.20. The van der Waals surface area contributed by atoms with E-state index in [1.165, 1.54) is 64.2 Å². The number of unbranched alkanes of at least 4 members (excludes halogenated alkanes) is 9. The van der Waals surface area contributed by atoms with Gasteiger partial charge in [0.1, 0.15) is 0 Å². The van der Waals surface area contributed by atoms with Crippen molar-refractivity contribution < 1.29 is 67.1 Å². The summed E-state index contributed by atoms with van der Waals surface area (Å²) < 4.78 is 66.0. The molecule has 0 radical (unpaired) electrons. The number of aliphatic hydroxyl groups excluding tert-OH is 2. The third-order valence-electron chi connectivity index (χ3n) is 8.12. The van der Waals surface area contributed by atoms with Crippen molar-refractivity contribution in [1.82, 2.24) is 4.90 Å². The van der Waals surface area contributed by atoms with Crippen LogP contribution in [0.5, 0.6) is 0 Å². The van der Waals surface area contributed by atoms with Crippen molar-refractivity contribution in [2.24, 2.45) is 0 Å². The van der Waals surface area contributed by atoms with E-state index in [9.17, 15) is 0 Å². The molecule has 0 aromatic rings. The molecule has 0 bridgehead atoms. The van der Waals surface area contributed by atoms with Gasteiger partial charge in [-0.3, -0.25) is 4.90 Å². The Morgan fingerprint density at radius 3 is 0.727 bits per heavy atom. The smallest absolute Gasteiger partial charge is 0.0701 e. The first-order valence-electron chi connectivity index (χ1n) is 21.2. The highest BCUT2D eigenvalue weighted by Gasteiger charge is 2.06. The Labute approximate surface area is 334 Å². The van der Waals surface area contributed by atoms with Crippen LogP contribution in [0, 0.1) is 0 Å². The number of nitrogens with zero attached hydrogens (tertiary/aromatic N) is 1. The fraction of sp³-hybridized carbons (Fsp3) is 1.00. The van der Waals surface area contributed by atoms with E-state index in [0.29, 0.717) is 159 Å². The van der Waals surface area contributed by atoms with Crippen LogP contribution in [-0.2, 0) is 56.8 Å². The van der Waals surface area contributed by atoms with Crippen LogP contribution in [-0.4, -0.2) is 207 Å². The minimum Gasteiger partial charge on any atom is -0.394 e. The van der Waals surface area contributed by atoms with Gasteiger partial charge in [0.15, 0.2) is 0 Å². The van der Waals surface area contributed by atoms with Crippen LogP contribution in [0.15, 0.2) is 0 Å². The molecule has 0 rings (SSSR count). The molecule has 0 saturated carbocycles. The molecule has 0 aliphatic heterocycles. The summed E-state index contributed by atoms with van der Waals surface area (Å²) in [5, 5.41) is 17.3. The second kappa shape index (κ2) is 51.4. The molecule has 0 aromatic heterocycles. The maximum absolute atomic E-state index is 8.64. The summed E-state index contributed by atoms with van der Waals surface area (Å²) in [6.45, 7) is 17.4. The molecule has 0 aliphatic carbocycles. The molecule has 55 heavy (non-hydrogen) atoms. The summed E-state index contributed by atoms with van der Waals surface area (Å²) >= 11 is 0. The molecule has 0 saturated heterocycles. The highest BCUT2D eigenvalue weighted by Crippen LogP contribution is 2.11. The highest BCUT2D eigenvalue weighted by atomic mass is 16.6. The molecule has 0 heterocycles. The summed E-state index contributed by atoms with van der Waals surface area (Å²) in [7, 11) is 0. The molecule has 0 aromatic carbocycles. The minimum atomic E-state index is 0.0263. The van der Waals surface area contributed by atoms with Crippen molar-refractivity contribution in [2.75, 3.05) is 191 Å². The van der Waals surface area contributed by atoms with E-state index in [4.69, 9.17) is 67.1 Å². The lowest BCUT2D eigenvalue weighted by Gasteiger charge is -2.22. The molecule has 0 atom stereocenters. The van der Waals surface area contributed by atoms with Crippen LogP contribution in [0.4, 0.5) is 0 Å². The van der Waals surface area contributed by atoms with Crippen LogP contribution >= 0.6 is 0 Å². The van der Waals surface area contributed by atoms with E-state index < -0.39 is 0 Å². The van der Waals surface area contributed by atoms with Gasteiger partial charge in [0.2, 0.25) is 0 Å². The van der Waals surface area contributed by atoms with Gasteiger partial charge in [-0.1, -0.05) is 64.7 Å². The second-order valence-electron chi connectivity index (χ2n) is 12.8. The first-order chi connectivity index (χ1) is 27.3. The molecule has 2 N–H and O–H groups in total. The fourth-order valence-corrected chi connectivity index (χ4v) is 5.08. The third-order valence-corrected chi connectivity index (χ3v) is 8.12. The van der Waals surface area contributed by atoms with Crippen molar-refractivity contribution in [3.8, 4) is 0 Å². The molecule has 0 amide bonds. The van der Waals surface area contributed by atoms with Crippen LogP contribution < -0.4 is 0 Å². The monoisotopic (exact) mass is 802 g/mol. The van der Waals surface area contributed by atoms with Crippen molar-refractivity contribution in [2.45, 2.75) is 71.1 Å². The van der Waals surface area contributed by atoms with E-state index in [0.717, 1.165) is 19.6 Å². The molecule has 0 spiro atoms. The molecule has 15 heteroatoms. The molecular weight excluding hydrogens is 718 g/mol. The molecule has 332 valence electrons. The van der Waals surface area contributed by atoms with Crippen LogP contribution in [0.25, 0.3) is 0 Å². The Kier molecular flexibility index (Phi) is 50.9. The lowest BCUT2D eigenvalue weighted by Crippen LogP contribution is -2.32. The quantitative estimate of drug-likeness (QED) is 0.0864. The maximum Gasteiger partial charge on any atom is 0.0701 e. The highest BCUT2D eigenvalue weighted by molar-refractivity contribution is 4.59. The normalized spacial score (nSPS) is 11.8. The Balaban J connectivity index is 3.84. The van der Waals surface area contributed by atoms with Gasteiger partial charge < -0.3 is 67.1 Å².